The average Bonchev–Trinajstić information content (AvgIpc) is 2.68. The van der Waals surface area contributed by atoms with Gasteiger partial charge in [-0.1, -0.05) is 28.9 Å². The van der Waals surface area contributed by atoms with Crippen LogP contribution in [0.5, 0.6) is 0 Å². The molecule has 0 radical (unpaired) electrons. The van der Waals surface area contributed by atoms with Crippen molar-refractivity contribution < 1.29 is 14.4 Å². The van der Waals surface area contributed by atoms with Gasteiger partial charge in [-0.2, -0.15) is 0 Å². The molecule has 0 aliphatic heterocycles. The zero-order chi connectivity index (χ0) is 14.0. The number of aliphatic carboxylic acids is 1. The molecule has 2 rings (SSSR count). The number of nitrogen functional groups attached to an aromatic ring is 1. The van der Waals surface area contributed by atoms with Crippen molar-refractivity contribution in [1.82, 2.24) is 5.16 Å². The topological polar surface area (TPSA) is 89.3 Å². The molecule has 0 aliphatic rings. The summed E-state index contributed by atoms with van der Waals surface area (Å²) in [5, 5.41) is 12.6. The molecule has 0 unspecified atom stereocenters. The smallest absolute Gasteiger partial charge is 0.303 e. The molecule has 0 atom stereocenters. The van der Waals surface area contributed by atoms with Gasteiger partial charge in [-0.25, -0.2) is 0 Å². The Morgan fingerprint density at radius 1 is 1.42 bits per heavy atom. The standard InChI is InChI=1S/C14H16N2O3/c1-8-3-4-10(9(2)7-8)13-11(5-6-12(17)18)16-19-14(13)15/h3-4,7H,5-6,15H2,1-2H3,(H,17,18). The van der Waals surface area contributed by atoms with E-state index >= 15 is 0 Å². The van der Waals surface area contributed by atoms with Crippen LogP contribution in [0.4, 0.5) is 5.88 Å². The van der Waals surface area contributed by atoms with E-state index < -0.39 is 5.97 Å². The minimum absolute atomic E-state index is 0.00385. The van der Waals surface area contributed by atoms with E-state index in [-0.39, 0.29) is 12.3 Å². The second-order valence-corrected chi connectivity index (χ2v) is 4.58. The van der Waals surface area contributed by atoms with Crippen LogP contribution < -0.4 is 5.73 Å². The molecule has 0 saturated heterocycles. The maximum Gasteiger partial charge on any atom is 0.303 e. The van der Waals surface area contributed by atoms with Crippen molar-refractivity contribution in [2.45, 2.75) is 26.7 Å². The summed E-state index contributed by atoms with van der Waals surface area (Å²) in [5.74, 6) is -0.638. The van der Waals surface area contributed by atoms with E-state index in [1.165, 1.54) is 0 Å². The molecule has 19 heavy (non-hydrogen) atoms. The summed E-state index contributed by atoms with van der Waals surface area (Å²) in [5.41, 5.74) is 10.3. The van der Waals surface area contributed by atoms with E-state index in [2.05, 4.69) is 5.16 Å². The number of hydrogen-bond acceptors (Lipinski definition) is 4. The van der Waals surface area contributed by atoms with Crippen LogP contribution in [0.15, 0.2) is 22.7 Å². The largest absolute Gasteiger partial charge is 0.481 e. The molecule has 0 aliphatic carbocycles. The summed E-state index contributed by atoms with van der Waals surface area (Å²) < 4.78 is 5.00. The third-order valence-corrected chi connectivity index (χ3v) is 3.02. The number of benzene rings is 1. The number of carbonyl (C=O) groups is 1. The minimum Gasteiger partial charge on any atom is -0.481 e. The van der Waals surface area contributed by atoms with Gasteiger partial charge in [0.05, 0.1) is 17.7 Å². The van der Waals surface area contributed by atoms with Crippen molar-refractivity contribution >= 4 is 11.9 Å². The molecule has 0 fully saturated rings. The third kappa shape index (κ3) is 2.76. The Morgan fingerprint density at radius 2 is 2.16 bits per heavy atom. The maximum absolute atomic E-state index is 10.6. The van der Waals surface area contributed by atoms with Crippen LogP contribution in [-0.2, 0) is 11.2 Å². The van der Waals surface area contributed by atoms with Gasteiger partial charge in [0.2, 0.25) is 5.88 Å². The van der Waals surface area contributed by atoms with E-state index in [0.717, 1.165) is 16.7 Å². The van der Waals surface area contributed by atoms with Gasteiger partial charge in [0, 0.05) is 6.42 Å². The van der Waals surface area contributed by atoms with Gasteiger partial charge >= 0.3 is 5.97 Å². The second kappa shape index (κ2) is 5.14. The first-order valence-corrected chi connectivity index (χ1v) is 6.02. The molecule has 1 aromatic carbocycles. The number of carboxylic acid groups (broad SMARTS) is 1. The van der Waals surface area contributed by atoms with Gasteiger partial charge < -0.3 is 15.4 Å². The molecule has 5 heteroatoms. The van der Waals surface area contributed by atoms with Gasteiger partial charge in [-0.05, 0) is 25.0 Å². The van der Waals surface area contributed by atoms with Crippen LogP contribution in [0.3, 0.4) is 0 Å². The fraction of sp³-hybridized carbons (Fsp3) is 0.286. The lowest BCUT2D eigenvalue weighted by Crippen LogP contribution is -2.00. The first-order valence-electron chi connectivity index (χ1n) is 6.02. The van der Waals surface area contributed by atoms with Gasteiger partial charge in [0.25, 0.3) is 0 Å². The van der Waals surface area contributed by atoms with Crippen LogP contribution in [0.2, 0.25) is 0 Å². The molecule has 1 heterocycles. The van der Waals surface area contributed by atoms with Crippen LogP contribution >= 0.6 is 0 Å². The average molecular weight is 260 g/mol. The normalized spacial score (nSPS) is 10.6. The highest BCUT2D eigenvalue weighted by atomic mass is 16.5. The first kappa shape index (κ1) is 13.1. The fourth-order valence-electron chi connectivity index (χ4n) is 2.12. The Balaban J connectivity index is 2.43. The SMILES string of the molecule is Cc1ccc(-c2c(CCC(=O)O)noc2N)c(C)c1. The molecular formula is C14H16N2O3. The van der Waals surface area contributed by atoms with Crippen LogP contribution in [0, 0.1) is 13.8 Å². The highest BCUT2D eigenvalue weighted by Crippen LogP contribution is 2.33. The molecule has 0 spiro atoms. The van der Waals surface area contributed by atoms with Gasteiger partial charge in [-0.3, -0.25) is 4.79 Å². The molecule has 5 nitrogen and oxygen atoms in total. The number of hydrogen-bond donors (Lipinski definition) is 2. The van der Waals surface area contributed by atoms with Crippen molar-refractivity contribution in [3.05, 3.63) is 35.0 Å². The van der Waals surface area contributed by atoms with Gasteiger partial charge in [0.1, 0.15) is 0 Å². The molecule has 2 aromatic rings. The number of nitrogens with two attached hydrogens (primary N) is 1. The fourth-order valence-corrected chi connectivity index (χ4v) is 2.12. The van der Waals surface area contributed by atoms with Crippen molar-refractivity contribution in [2.75, 3.05) is 5.73 Å². The van der Waals surface area contributed by atoms with Crippen LogP contribution in [-0.4, -0.2) is 16.2 Å². The monoisotopic (exact) mass is 260 g/mol. The first-order chi connectivity index (χ1) is 8.99. The highest BCUT2D eigenvalue weighted by molar-refractivity contribution is 5.78. The Kier molecular flexibility index (Phi) is 3.55. The summed E-state index contributed by atoms with van der Waals surface area (Å²) >= 11 is 0. The molecule has 3 N–H and O–H groups in total. The third-order valence-electron chi connectivity index (χ3n) is 3.02. The molecule has 0 amide bonds. The number of aromatic nitrogens is 1. The molecule has 0 saturated carbocycles. The lowest BCUT2D eigenvalue weighted by Gasteiger charge is -2.07. The van der Waals surface area contributed by atoms with E-state index in [1.807, 2.05) is 32.0 Å². The summed E-state index contributed by atoms with van der Waals surface area (Å²) in [6.07, 6.45) is 0.308. The van der Waals surface area contributed by atoms with Gasteiger partial charge in [0.15, 0.2) is 0 Å². The number of aryl methyl sites for hydroxylation is 3. The van der Waals surface area contributed by atoms with Crippen molar-refractivity contribution in [3.63, 3.8) is 0 Å². The Bertz CT molecular complexity index is 617. The summed E-state index contributed by atoms with van der Waals surface area (Å²) in [6.45, 7) is 3.99. The molecule has 0 bridgehead atoms. The quantitative estimate of drug-likeness (QED) is 0.881. The van der Waals surface area contributed by atoms with Crippen molar-refractivity contribution in [1.29, 1.82) is 0 Å². The molecule has 1 aromatic heterocycles. The number of rotatable bonds is 4. The van der Waals surface area contributed by atoms with E-state index in [0.29, 0.717) is 17.7 Å². The van der Waals surface area contributed by atoms with Crippen LogP contribution in [0.1, 0.15) is 23.2 Å². The lowest BCUT2D eigenvalue weighted by molar-refractivity contribution is -0.136. The number of nitrogens with zero attached hydrogens (tertiary/aromatic N) is 1. The summed E-state index contributed by atoms with van der Waals surface area (Å²) in [7, 11) is 0. The summed E-state index contributed by atoms with van der Waals surface area (Å²) in [4.78, 5) is 10.6. The van der Waals surface area contributed by atoms with E-state index in [9.17, 15) is 4.79 Å². The zero-order valence-corrected chi connectivity index (χ0v) is 10.9. The molecule has 100 valence electrons. The summed E-state index contributed by atoms with van der Waals surface area (Å²) in [6, 6.07) is 5.98. The molecular weight excluding hydrogens is 244 g/mol. The number of carboxylic acids is 1. The Morgan fingerprint density at radius 3 is 2.79 bits per heavy atom. The predicted octanol–water partition coefficient (Wildman–Crippen LogP) is 2.56. The van der Waals surface area contributed by atoms with Crippen LogP contribution in [0.25, 0.3) is 11.1 Å². The minimum atomic E-state index is -0.867. The number of anilines is 1. The highest BCUT2D eigenvalue weighted by Gasteiger charge is 2.18. The van der Waals surface area contributed by atoms with Crippen molar-refractivity contribution in [3.8, 4) is 11.1 Å². The lowest BCUT2D eigenvalue weighted by atomic mass is 9.97. The van der Waals surface area contributed by atoms with Crippen molar-refractivity contribution in [2.24, 2.45) is 0 Å². The maximum atomic E-state index is 10.6. The Hall–Kier alpha value is -2.30. The Labute approximate surface area is 111 Å². The van der Waals surface area contributed by atoms with E-state index in [1.54, 1.807) is 0 Å². The predicted molar refractivity (Wildman–Crippen MR) is 71.8 cm³/mol. The second-order valence-electron chi connectivity index (χ2n) is 4.58. The van der Waals surface area contributed by atoms with E-state index in [4.69, 9.17) is 15.4 Å². The zero-order valence-electron chi connectivity index (χ0n) is 10.9. The van der Waals surface area contributed by atoms with Gasteiger partial charge in [-0.15, -0.1) is 0 Å².